The first-order valence-corrected chi connectivity index (χ1v) is 11.0. The average Bonchev–Trinajstić information content (AvgIpc) is 2.69. The smallest absolute Gasteiger partial charge is 0.317 e. The van der Waals surface area contributed by atoms with Gasteiger partial charge in [0.1, 0.15) is 17.5 Å². The van der Waals surface area contributed by atoms with Gasteiger partial charge in [-0.3, -0.25) is 0 Å². The van der Waals surface area contributed by atoms with E-state index in [4.69, 9.17) is 9.97 Å². The number of piperazine rings is 1. The lowest BCUT2D eigenvalue weighted by Gasteiger charge is -2.37. The molecule has 3 rings (SSSR count). The largest absolute Gasteiger partial charge is 0.353 e. The summed E-state index contributed by atoms with van der Waals surface area (Å²) in [6.45, 7) is 14.8. The number of carbonyl (C=O) groups is 1. The summed E-state index contributed by atoms with van der Waals surface area (Å²) < 4.78 is 14.5. The van der Waals surface area contributed by atoms with E-state index in [1.54, 1.807) is 6.07 Å². The van der Waals surface area contributed by atoms with E-state index in [1.165, 1.54) is 6.07 Å². The van der Waals surface area contributed by atoms with E-state index in [0.29, 0.717) is 44.0 Å². The summed E-state index contributed by atoms with van der Waals surface area (Å²) in [6, 6.07) is 6.95. The molecule has 1 aliphatic rings. The Morgan fingerprint density at radius 3 is 2.35 bits per heavy atom. The zero-order valence-electron chi connectivity index (χ0n) is 19.5. The van der Waals surface area contributed by atoms with Crippen molar-refractivity contribution >= 4 is 11.8 Å². The second-order valence-electron chi connectivity index (χ2n) is 9.52. The highest BCUT2D eigenvalue weighted by molar-refractivity contribution is 5.74. The van der Waals surface area contributed by atoms with Crippen molar-refractivity contribution in [2.45, 2.75) is 59.4 Å². The molecule has 1 aromatic heterocycles. The fourth-order valence-corrected chi connectivity index (χ4v) is 3.92. The molecule has 0 spiro atoms. The summed E-state index contributed by atoms with van der Waals surface area (Å²) in [5, 5.41) is 2.96. The maximum Gasteiger partial charge on any atom is 0.317 e. The Labute approximate surface area is 184 Å². The predicted octanol–water partition coefficient (Wildman–Crippen LogP) is 4.05. The summed E-state index contributed by atoms with van der Waals surface area (Å²) in [5.74, 6) is 1.34. The summed E-state index contributed by atoms with van der Waals surface area (Å²) in [6.07, 6.45) is 0.433. The Morgan fingerprint density at radius 2 is 1.77 bits per heavy atom. The Hall–Kier alpha value is -2.70. The van der Waals surface area contributed by atoms with Gasteiger partial charge in [-0.15, -0.1) is 0 Å². The van der Waals surface area contributed by atoms with Gasteiger partial charge in [-0.1, -0.05) is 39.0 Å². The van der Waals surface area contributed by atoms with Gasteiger partial charge in [0.05, 0.1) is 5.69 Å². The number of halogens is 1. The zero-order valence-corrected chi connectivity index (χ0v) is 19.5. The molecule has 0 unspecified atom stereocenters. The van der Waals surface area contributed by atoms with Crippen LogP contribution in [0.15, 0.2) is 24.3 Å². The summed E-state index contributed by atoms with van der Waals surface area (Å²) in [4.78, 5) is 26.0. The lowest BCUT2D eigenvalue weighted by Crippen LogP contribution is -2.53. The number of carbonyl (C=O) groups excluding carboxylic acids is 1. The van der Waals surface area contributed by atoms with Crippen molar-refractivity contribution in [2.24, 2.45) is 0 Å². The number of hydrogen-bond acceptors (Lipinski definition) is 4. The topological polar surface area (TPSA) is 61.4 Å². The number of rotatable bonds is 4. The fourth-order valence-electron chi connectivity index (χ4n) is 3.92. The predicted molar refractivity (Wildman–Crippen MR) is 122 cm³/mol. The maximum atomic E-state index is 14.5. The van der Waals surface area contributed by atoms with E-state index < -0.39 is 0 Å². The zero-order chi connectivity index (χ0) is 22.8. The third-order valence-corrected chi connectivity index (χ3v) is 5.41. The molecule has 168 valence electrons. The molecule has 0 saturated carbocycles. The van der Waals surface area contributed by atoms with Crippen LogP contribution in [0, 0.1) is 12.7 Å². The first kappa shape index (κ1) is 23.0. The number of hydrogen-bond donors (Lipinski definition) is 1. The Balaban J connectivity index is 1.94. The highest BCUT2D eigenvalue weighted by Gasteiger charge is 2.29. The second kappa shape index (κ2) is 9.20. The monoisotopic (exact) mass is 427 g/mol. The molecule has 0 bridgehead atoms. The number of nitrogens with zero attached hydrogens (tertiary/aromatic N) is 4. The van der Waals surface area contributed by atoms with Gasteiger partial charge in [-0.2, -0.15) is 0 Å². The fraction of sp³-hybridized carbons (Fsp3) is 0.542. The molecule has 7 heteroatoms. The van der Waals surface area contributed by atoms with Gasteiger partial charge in [0.2, 0.25) is 0 Å². The van der Waals surface area contributed by atoms with Crippen LogP contribution < -0.4 is 10.2 Å². The third-order valence-electron chi connectivity index (χ3n) is 5.41. The van der Waals surface area contributed by atoms with Crippen molar-refractivity contribution in [3.05, 3.63) is 52.7 Å². The van der Waals surface area contributed by atoms with Crippen molar-refractivity contribution in [1.82, 2.24) is 20.2 Å². The van der Waals surface area contributed by atoms with Crippen LogP contribution in [0.1, 0.15) is 57.3 Å². The molecule has 1 N–H and O–H groups in total. The number of nitrogens with one attached hydrogen (secondary N) is 1. The van der Waals surface area contributed by atoms with E-state index in [2.05, 4.69) is 31.0 Å². The van der Waals surface area contributed by atoms with Gasteiger partial charge in [0, 0.05) is 49.6 Å². The van der Waals surface area contributed by atoms with Gasteiger partial charge in [0.15, 0.2) is 0 Å². The van der Waals surface area contributed by atoms with Gasteiger partial charge < -0.3 is 15.1 Å². The van der Waals surface area contributed by atoms with Gasteiger partial charge in [-0.25, -0.2) is 19.2 Å². The van der Waals surface area contributed by atoms with E-state index >= 15 is 0 Å². The first-order chi connectivity index (χ1) is 14.6. The van der Waals surface area contributed by atoms with Crippen LogP contribution in [-0.4, -0.2) is 53.1 Å². The number of aryl methyl sites for hydroxylation is 1. The lowest BCUT2D eigenvalue weighted by molar-refractivity contribution is 0.191. The van der Waals surface area contributed by atoms with Crippen molar-refractivity contribution in [2.75, 3.05) is 31.1 Å². The minimum Gasteiger partial charge on any atom is -0.353 e. The molecule has 0 atom stereocenters. The molecule has 1 saturated heterocycles. The van der Waals surface area contributed by atoms with Gasteiger partial charge >= 0.3 is 6.03 Å². The molecular weight excluding hydrogens is 393 g/mol. The number of urea groups is 1. The normalized spacial score (nSPS) is 14.8. The van der Waals surface area contributed by atoms with E-state index in [-0.39, 0.29) is 23.3 Å². The van der Waals surface area contributed by atoms with E-state index in [9.17, 15) is 9.18 Å². The number of anilines is 1. The SMILES string of the molecule is Cc1nc(N2CCN(C(=O)NC(C)C)CC2)c(Cc2ccccc2F)c(C(C)(C)C)n1. The molecular formula is C24H34FN5O. The first-order valence-electron chi connectivity index (χ1n) is 11.0. The van der Waals surface area contributed by atoms with Crippen LogP contribution in [0.5, 0.6) is 0 Å². The minimum atomic E-state index is -0.218. The van der Waals surface area contributed by atoms with E-state index in [0.717, 1.165) is 17.1 Å². The molecule has 6 nitrogen and oxygen atoms in total. The number of amides is 2. The molecule has 1 aliphatic heterocycles. The quantitative estimate of drug-likeness (QED) is 0.800. The van der Waals surface area contributed by atoms with Crippen molar-refractivity contribution in [3.8, 4) is 0 Å². The molecule has 2 aromatic rings. The molecule has 0 radical (unpaired) electrons. The van der Waals surface area contributed by atoms with Crippen LogP contribution >= 0.6 is 0 Å². The molecule has 2 heterocycles. The van der Waals surface area contributed by atoms with E-state index in [1.807, 2.05) is 37.8 Å². The highest BCUT2D eigenvalue weighted by Crippen LogP contribution is 2.32. The summed E-state index contributed by atoms with van der Waals surface area (Å²) in [7, 11) is 0. The van der Waals surface area contributed by atoms with Crippen LogP contribution in [0.4, 0.5) is 15.0 Å². The van der Waals surface area contributed by atoms with Gasteiger partial charge in [-0.05, 0) is 32.4 Å². The number of aromatic nitrogens is 2. The summed E-state index contributed by atoms with van der Waals surface area (Å²) in [5.41, 5.74) is 2.33. The highest BCUT2D eigenvalue weighted by atomic mass is 19.1. The Morgan fingerprint density at radius 1 is 1.13 bits per heavy atom. The number of benzene rings is 1. The van der Waals surface area contributed by atoms with Crippen LogP contribution in [0.2, 0.25) is 0 Å². The maximum absolute atomic E-state index is 14.5. The van der Waals surface area contributed by atoms with Crippen molar-refractivity contribution in [3.63, 3.8) is 0 Å². The molecule has 1 fully saturated rings. The molecule has 0 aliphatic carbocycles. The van der Waals surface area contributed by atoms with Gasteiger partial charge in [0.25, 0.3) is 0 Å². The lowest BCUT2D eigenvalue weighted by atomic mass is 9.86. The second-order valence-corrected chi connectivity index (χ2v) is 9.52. The average molecular weight is 428 g/mol. The summed E-state index contributed by atoms with van der Waals surface area (Å²) >= 11 is 0. The Bertz CT molecular complexity index is 930. The van der Waals surface area contributed by atoms with Crippen molar-refractivity contribution in [1.29, 1.82) is 0 Å². The van der Waals surface area contributed by atoms with Crippen LogP contribution in [-0.2, 0) is 11.8 Å². The van der Waals surface area contributed by atoms with Crippen molar-refractivity contribution < 1.29 is 9.18 Å². The molecule has 1 aromatic carbocycles. The molecule has 31 heavy (non-hydrogen) atoms. The molecule has 2 amide bonds. The van der Waals surface area contributed by atoms with Crippen LogP contribution in [0.25, 0.3) is 0 Å². The third kappa shape index (κ3) is 5.51. The van der Waals surface area contributed by atoms with Crippen LogP contribution in [0.3, 0.4) is 0 Å². The Kier molecular flexibility index (Phi) is 6.82. The standard InChI is InChI=1S/C24H34FN5O/c1-16(2)26-23(31)30-13-11-29(12-14-30)22-19(15-18-9-7-8-10-20(18)25)21(24(4,5)6)27-17(3)28-22/h7-10,16H,11-15H2,1-6H3,(H,26,31). The minimum absolute atomic E-state index is 0.0320.